The minimum Gasteiger partial charge on any atom is -0.241 e. The van der Waals surface area contributed by atoms with Crippen molar-refractivity contribution in [2.75, 3.05) is 6.54 Å². The second-order valence-electron chi connectivity index (χ2n) is 5.73. The highest BCUT2D eigenvalue weighted by Gasteiger charge is 2.16. The predicted octanol–water partition coefficient (Wildman–Crippen LogP) is 3.92. The van der Waals surface area contributed by atoms with E-state index in [1.165, 1.54) is 11.3 Å². The average Bonchev–Trinajstić information content (AvgIpc) is 3.06. The average molecular weight is 394 g/mol. The third kappa shape index (κ3) is 4.32. The van der Waals surface area contributed by atoms with Gasteiger partial charge in [-0.25, -0.2) is 26.9 Å². The van der Waals surface area contributed by atoms with E-state index in [2.05, 4.69) is 9.71 Å². The van der Waals surface area contributed by atoms with Gasteiger partial charge >= 0.3 is 0 Å². The van der Waals surface area contributed by atoms with Crippen LogP contribution in [0.1, 0.15) is 11.3 Å². The van der Waals surface area contributed by atoms with Crippen molar-refractivity contribution in [2.45, 2.75) is 18.2 Å². The number of aromatic nitrogens is 1. The van der Waals surface area contributed by atoms with Gasteiger partial charge in [0.05, 0.1) is 10.6 Å². The van der Waals surface area contributed by atoms with Crippen LogP contribution in [0.2, 0.25) is 0 Å². The summed E-state index contributed by atoms with van der Waals surface area (Å²) in [5.74, 6) is -2.29. The summed E-state index contributed by atoms with van der Waals surface area (Å²) < 4.78 is 52.8. The van der Waals surface area contributed by atoms with Crippen molar-refractivity contribution in [3.05, 3.63) is 70.7 Å². The van der Waals surface area contributed by atoms with Gasteiger partial charge in [0.15, 0.2) is 11.6 Å². The van der Waals surface area contributed by atoms with Gasteiger partial charge in [-0.05, 0) is 25.1 Å². The summed E-state index contributed by atoms with van der Waals surface area (Å²) in [5, 5.41) is 2.74. The summed E-state index contributed by atoms with van der Waals surface area (Å²) in [4.78, 5) is 4.19. The largest absolute Gasteiger partial charge is 0.241 e. The molecule has 2 aromatic carbocycles. The number of sulfonamides is 1. The summed E-state index contributed by atoms with van der Waals surface area (Å²) in [6.07, 6.45) is 0.394. The molecule has 0 saturated heterocycles. The Bertz CT molecular complexity index is 1020. The predicted molar refractivity (Wildman–Crippen MR) is 97.5 cm³/mol. The maximum absolute atomic E-state index is 13.2. The quantitative estimate of drug-likeness (QED) is 0.689. The van der Waals surface area contributed by atoms with Crippen molar-refractivity contribution >= 4 is 21.4 Å². The molecule has 136 valence electrons. The fraction of sp³-hybridized carbons (Fsp3) is 0.167. The van der Waals surface area contributed by atoms with Crippen molar-refractivity contribution in [3.8, 4) is 10.6 Å². The van der Waals surface area contributed by atoms with E-state index in [0.717, 1.165) is 34.0 Å². The van der Waals surface area contributed by atoms with Crippen molar-refractivity contribution in [2.24, 2.45) is 0 Å². The van der Waals surface area contributed by atoms with Gasteiger partial charge in [0.2, 0.25) is 10.0 Å². The summed E-state index contributed by atoms with van der Waals surface area (Å²) in [5.41, 5.74) is 2.94. The number of nitrogens with zero attached hydrogens (tertiary/aromatic N) is 1. The van der Waals surface area contributed by atoms with Gasteiger partial charge < -0.3 is 0 Å². The Balaban J connectivity index is 1.62. The molecule has 1 heterocycles. The molecule has 0 aliphatic heterocycles. The minimum atomic E-state index is -3.90. The molecule has 1 N–H and O–H groups in total. The van der Waals surface area contributed by atoms with Gasteiger partial charge in [-0.15, -0.1) is 11.3 Å². The zero-order chi connectivity index (χ0) is 18.7. The van der Waals surface area contributed by atoms with Crippen molar-refractivity contribution in [1.82, 2.24) is 9.71 Å². The molecule has 3 aromatic rings. The fourth-order valence-electron chi connectivity index (χ4n) is 2.29. The summed E-state index contributed by atoms with van der Waals surface area (Å²) >= 11 is 1.49. The van der Waals surface area contributed by atoms with Gasteiger partial charge in [-0.1, -0.05) is 29.8 Å². The number of halogens is 2. The van der Waals surface area contributed by atoms with Crippen LogP contribution in [0.25, 0.3) is 10.6 Å². The molecule has 8 heteroatoms. The lowest BCUT2D eigenvalue weighted by atomic mass is 10.2. The molecule has 0 fully saturated rings. The molecule has 0 spiro atoms. The first-order chi connectivity index (χ1) is 12.3. The van der Waals surface area contributed by atoms with Gasteiger partial charge in [0, 0.05) is 23.9 Å². The molecule has 0 saturated carbocycles. The first-order valence-corrected chi connectivity index (χ1v) is 10.2. The Labute approximate surface area is 154 Å². The Hall–Kier alpha value is -2.16. The number of hydrogen-bond acceptors (Lipinski definition) is 4. The zero-order valence-corrected chi connectivity index (χ0v) is 15.5. The van der Waals surface area contributed by atoms with E-state index in [4.69, 9.17) is 0 Å². The molecule has 26 heavy (non-hydrogen) atoms. The van der Waals surface area contributed by atoms with Crippen LogP contribution in [-0.2, 0) is 16.4 Å². The lowest BCUT2D eigenvalue weighted by Gasteiger charge is -2.06. The highest BCUT2D eigenvalue weighted by atomic mass is 32.2. The summed E-state index contributed by atoms with van der Waals surface area (Å²) in [6, 6.07) is 10.5. The molecule has 0 unspecified atom stereocenters. The maximum atomic E-state index is 13.2. The van der Waals surface area contributed by atoms with Crippen molar-refractivity contribution < 1.29 is 17.2 Å². The molecule has 0 atom stereocenters. The van der Waals surface area contributed by atoms with Crippen LogP contribution >= 0.6 is 11.3 Å². The lowest BCUT2D eigenvalue weighted by Crippen LogP contribution is -2.26. The van der Waals surface area contributed by atoms with Crippen LogP contribution in [0, 0.1) is 18.6 Å². The van der Waals surface area contributed by atoms with Crippen LogP contribution in [0.5, 0.6) is 0 Å². The van der Waals surface area contributed by atoms with E-state index >= 15 is 0 Å². The SMILES string of the molecule is Cc1ccc(-c2nc(CCNS(=O)(=O)c3ccc(F)c(F)c3)cs2)cc1. The molecular weight excluding hydrogens is 378 g/mol. The van der Waals surface area contributed by atoms with Crippen LogP contribution in [0.15, 0.2) is 52.7 Å². The number of hydrogen-bond donors (Lipinski definition) is 1. The Morgan fingerprint density at radius 1 is 1.08 bits per heavy atom. The Morgan fingerprint density at radius 3 is 2.50 bits per heavy atom. The van der Waals surface area contributed by atoms with Crippen molar-refractivity contribution in [1.29, 1.82) is 0 Å². The molecular formula is C18H16F2N2O2S2. The van der Waals surface area contributed by atoms with Gasteiger partial charge in [0.25, 0.3) is 0 Å². The molecule has 0 amide bonds. The monoisotopic (exact) mass is 394 g/mol. The third-order valence-corrected chi connectivity index (χ3v) is 6.12. The number of benzene rings is 2. The van der Waals surface area contributed by atoms with Crippen molar-refractivity contribution in [3.63, 3.8) is 0 Å². The number of rotatable bonds is 6. The highest BCUT2D eigenvalue weighted by molar-refractivity contribution is 7.89. The van der Waals surface area contributed by atoms with E-state index in [9.17, 15) is 17.2 Å². The van der Waals surface area contributed by atoms with E-state index < -0.39 is 21.7 Å². The minimum absolute atomic E-state index is 0.110. The molecule has 0 aliphatic rings. The lowest BCUT2D eigenvalue weighted by molar-refractivity contribution is 0.504. The Morgan fingerprint density at radius 2 is 1.81 bits per heavy atom. The van der Waals surface area contributed by atoms with Crippen LogP contribution in [-0.4, -0.2) is 19.9 Å². The van der Waals surface area contributed by atoms with E-state index in [1.807, 2.05) is 36.6 Å². The highest BCUT2D eigenvalue weighted by Crippen LogP contribution is 2.24. The number of aryl methyl sites for hydroxylation is 1. The van der Waals surface area contributed by atoms with Gasteiger partial charge in [0.1, 0.15) is 5.01 Å². The van der Waals surface area contributed by atoms with Crippen LogP contribution in [0.3, 0.4) is 0 Å². The zero-order valence-electron chi connectivity index (χ0n) is 13.9. The molecule has 1 aromatic heterocycles. The first kappa shape index (κ1) is 18.6. The summed E-state index contributed by atoms with van der Waals surface area (Å²) in [6.45, 7) is 2.12. The second-order valence-corrected chi connectivity index (χ2v) is 8.36. The number of thiazole rings is 1. The van der Waals surface area contributed by atoms with Crippen LogP contribution in [0.4, 0.5) is 8.78 Å². The first-order valence-electron chi connectivity index (χ1n) is 7.81. The van der Waals surface area contributed by atoms with E-state index in [0.29, 0.717) is 12.5 Å². The fourth-order valence-corrected chi connectivity index (χ4v) is 4.19. The van der Waals surface area contributed by atoms with E-state index in [1.54, 1.807) is 0 Å². The topological polar surface area (TPSA) is 59.1 Å². The third-order valence-electron chi connectivity index (χ3n) is 3.72. The maximum Gasteiger partial charge on any atom is 0.240 e. The van der Waals surface area contributed by atoms with Gasteiger partial charge in [-0.2, -0.15) is 0 Å². The normalized spacial score (nSPS) is 11.7. The molecule has 0 radical (unpaired) electrons. The Kier molecular flexibility index (Phi) is 5.45. The number of nitrogens with one attached hydrogen (secondary N) is 1. The second kappa shape index (κ2) is 7.61. The molecule has 4 nitrogen and oxygen atoms in total. The standard InChI is InChI=1S/C18H16F2N2O2S2/c1-12-2-4-13(5-3-12)18-22-14(11-25-18)8-9-21-26(23,24)15-6-7-16(19)17(20)10-15/h2-7,10-11,21H,8-9H2,1H3. The molecule has 0 bridgehead atoms. The van der Waals surface area contributed by atoms with Crippen LogP contribution < -0.4 is 4.72 Å². The van der Waals surface area contributed by atoms with Gasteiger partial charge in [-0.3, -0.25) is 0 Å². The molecule has 0 aliphatic carbocycles. The molecule has 3 rings (SSSR count). The van der Waals surface area contributed by atoms with E-state index in [-0.39, 0.29) is 11.4 Å². The summed E-state index contributed by atoms with van der Waals surface area (Å²) in [7, 11) is -3.90. The smallest absolute Gasteiger partial charge is 0.240 e.